The van der Waals surface area contributed by atoms with Crippen molar-refractivity contribution in [1.82, 2.24) is 0 Å². The molecule has 0 spiro atoms. The minimum Gasteiger partial charge on any atom is -0.149 e. The van der Waals surface area contributed by atoms with Gasteiger partial charge < -0.3 is 0 Å². The van der Waals surface area contributed by atoms with Crippen LogP contribution in [0.1, 0.15) is 33.4 Å². The average molecular weight is 607 g/mol. The van der Waals surface area contributed by atoms with Crippen molar-refractivity contribution in [2.75, 3.05) is 0 Å². The number of halogens is 1. The molecule has 218 valence electrons. The number of hydrogen-bond acceptors (Lipinski definition) is 0. The Bertz CT molecular complexity index is 1730. The molecule has 0 aromatic heterocycles. The summed E-state index contributed by atoms with van der Waals surface area (Å²) in [5.74, 6) is 0. The molecule has 0 unspecified atom stereocenters. The molecule has 0 saturated carbocycles. The zero-order valence-corrected chi connectivity index (χ0v) is 28.3. The first kappa shape index (κ1) is 29.9. The molecule has 0 heterocycles. The van der Waals surface area contributed by atoms with Crippen LogP contribution in [0.3, 0.4) is 0 Å². The van der Waals surface area contributed by atoms with Crippen LogP contribution in [0.2, 0.25) is 0 Å². The lowest BCUT2D eigenvalue weighted by Crippen LogP contribution is -2.65. The molecular formula is C42H39ClSi. The molecule has 0 amide bonds. The van der Waals surface area contributed by atoms with Gasteiger partial charge in [0.15, 0.2) is 0 Å². The lowest BCUT2D eigenvalue weighted by molar-refractivity contribution is 1.34. The summed E-state index contributed by atoms with van der Waals surface area (Å²) in [6.07, 6.45) is 0. The van der Waals surface area contributed by atoms with Gasteiger partial charge in [-0.3, -0.25) is 0 Å². The number of benzene rings is 6. The van der Waals surface area contributed by atoms with Crippen LogP contribution in [0.25, 0.3) is 33.4 Å². The van der Waals surface area contributed by atoms with Crippen molar-refractivity contribution in [1.29, 1.82) is 0 Å². The third-order valence-corrected chi connectivity index (χ3v) is 15.1. The number of hydrogen-bond donors (Lipinski definition) is 0. The third kappa shape index (κ3) is 5.36. The van der Waals surface area contributed by atoms with Crippen LogP contribution in [-0.2, 0) is 0 Å². The van der Waals surface area contributed by atoms with Crippen LogP contribution in [0, 0.1) is 41.5 Å². The van der Waals surface area contributed by atoms with Crippen LogP contribution < -0.4 is 15.6 Å². The Morgan fingerprint density at radius 3 is 0.841 bits per heavy atom. The lowest BCUT2D eigenvalue weighted by atomic mass is 10.00. The van der Waals surface area contributed by atoms with Crippen molar-refractivity contribution in [3.05, 3.63) is 161 Å². The van der Waals surface area contributed by atoms with Crippen LogP contribution >= 0.6 is 11.1 Å². The first-order chi connectivity index (χ1) is 21.2. The molecule has 0 radical (unpaired) electrons. The molecule has 0 saturated heterocycles. The highest BCUT2D eigenvalue weighted by Gasteiger charge is 2.43. The summed E-state index contributed by atoms with van der Waals surface area (Å²) >= 11 is 8.56. The predicted molar refractivity (Wildman–Crippen MR) is 195 cm³/mol. The highest BCUT2D eigenvalue weighted by atomic mass is 35.6. The highest BCUT2D eigenvalue weighted by Crippen LogP contribution is 2.30. The highest BCUT2D eigenvalue weighted by molar-refractivity contribution is 7.40. The van der Waals surface area contributed by atoms with Gasteiger partial charge in [-0.2, -0.15) is 0 Å². The van der Waals surface area contributed by atoms with E-state index in [4.69, 9.17) is 11.1 Å². The largest absolute Gasteiger partial charge is 0.248 e. The molecule has 0 N–H and O–H groups in total. The Morgan fingerprint density at radius 1 is 0.341 bits per heavy atom. The monoisotopic (exact) mass is 606 g/mol. The minimum atomic E-state index is -3.13. The first-order valence-electron chi connectivity index (χ1n) is 15.4. The molecular weight excluding hydrogens is 568 g/mol. The van der Waals surface area contributed by atoms with Crippen molar-refractivity contribution >= 4 is 34.0 Å². The van der Waals surface area contributed by atoms with Crippen molar-refractivity contribution in [2.24, 2.45) is 0 Å². The lowest BCUT2D eigenvalue weighted by Gasteiger charge is -2.34. The summed E-state index contributed by atoms with van der Waals surface area (Å²) in [4.78, 5) is 0. The van der Waals surface area contributed by atoms with Gasteiger partial charge in [0.2, 0.25) is 7.38 Å². The second-order valence-electron chi connectivity index (χ2n) is 12.2. The van der Waals surface area contributed by atoms with Gasteiger partial charge in [-0.25, -0.2) is 0 Å². The second kappa shape index (κ2) is 12.1. The van der Waals surface area contributed by atoms with Gasteiger partial charge in [0.1, 0.15) is 0 Å². The van der Waals surface area contributed by atoms with Gasteiger partial charge in [0.25, 0.3) is 0 Å². The molecule has 0 bridgehead atoms. The fourth-order valence-corrected chi connectivity index (χ4v) is 12.3. The van der Waals surface area contributed by atoms with E-state index in [1.165, 1.54) is 82.3 Å². The third-order valence-electron chi connectivity index (χ3n) is 9.44. The van der Waals surface area contributed by atoms with E-state index in [0.717, 1.165) is 0 Å². The van der Waals surface area contributed by atoms with E-state index in [-0.39, 0.29) is 0 Å². The van der Waals surface area contributed by atoms with Crippen molar-refractivity contribution in [2.45, 2.75) is 41.5 Å². The SMILES string of the molecule is Cc1cc(-c2ccccc2)cc([Si](Cl)(c2cc(-c3ccccc3)cc(C)c2C)c2cc(-c3ccccc3)cc(C)c2C)c1C. The molecule has 0 fully saturated rings. The molecule has 0 nitrogen and oxygen atoms in total. The topological polar surface area (TPSA) is 0 Å². The molecule has 0 atom stereocenters. The maximum absolute atomic E-state index is 8.56. The Kier molecular flexibility index (Phi) is 8.20. The van der Waals surface area contributed by atoms with Crippen molar-refractivity contribution < 1.29 is 0 Å². The van der Waals surface area contributed by atoms with Crippen LogP contribution in [0.5, 0.6) is 0 Å². The Labute approximate surface area is 268 Å². The fraction of sp³-hybridized carbons (Fsp3) is 0.143. The molecule has 0 aliphatic rings. The molecule has 0 aliphatic heterocycles. The molecule has 6 aromatic rings. The number of aryl methyl sites for hydroxylation is 3. The van der Waals surface area contributed by atoms with E-state index in [2.05, 4.69) is 169 Å². The van der Waals surface area contributed by atoms with Gasteiger partial charge in [-0.1, -0.05) is 127 Å². The van der Waals surface area contributed by atoms with Gasteiger partial charge in [-0.15, -0.1) is 11.1 Å². The summed E-state index contributed by atoms with van der Waals surface area (Å²) in [7, 11) is -3.13. The summed E-state index contributed by atoms with van der Waals surface area (Å²) in [6, 6.07) is 46.2. The summed E-state index contributed by atoms with van der Waals surface area (Å²) in [5, 5.41) is 3.79. The van der Waals surface area contributed by atoms with E-state index < -0.39 is 7.38 Å². The summed E-state index contributed by atoms with van der Waals surface area (Å²) in [5.41, 5.74) is 14.9. The van der Waals surface area contributed by atoms with E-state index in [1.807, 2.05) is 0 Å². The Hall–Kier alpha value is -4.17. The van der Waals surface area contributed by atoms with Gasteiger partial charge in [-0.05, 0) is 124 Å². The van der Waals surface area contributed by atoms with Crippen molar-refractivity contribution in [3.63, 3.8) is 0 Å². The Balaban J connectivity index is 1.73. The first-order valence-corrected chi connectivity index (χ1v) is 18.4. The normalized spacial score (nSPS) is 11.5. The zero-order chi connectivity index (χ0) is 31.0. The number of rotatable bonds is 6. The summed E-state index contributed by atoms with van der Waals surface area (Å²) < 4.78 is 0. The quantitative estimate of drug-likeness (QED) is 0.101. The van der Waals surface area contributed by atoms with Gasteiger partial charge in [0.05, 0.1) is 0 Å². The molecule has 2 heteroatoms. The van der Waals surface area contributed by atoms with E-state index in [9.17, 15) is 0 Å². The van der Waals surface area contributed by atoms with E-state index in [1.54, 1.807) is 0 Å². The molecule has 6 aromatic carbocycles. The minimum absolute atomic E-state index is 1.21. The van der Waals surface area contributed by atoms with Crippen LogP contribution in [-0.4, -0.2) is 7.38 Å². The molecule has 6 rings (SSSR count). The van der Waals surface area contributed by atoms with E-state index >= 15 is 0 Å². The average Bonchev–Trinajstić information content (AvgIpc) is 3.05. The zero-order valence-electron chi connectivity index (χ0n) is 26.5. The van der Waals surface area contributed by atoms with Crippen LogP contribution in [0.15, 0.2) is 127 Å². The molecule has 44 heavy (non-hydrogen) atoms. The smallest absolute Gasteiger partial charge is 0.149 e. The maximum Gasteiger partial charge on any atom is 0.248 e. The predicted octanol–water partition coefficient (Wildman–Crippen LogP) is 9.74. The fourth-order valence-electron chi connectivity index (χ4n) is 6.48. The van der Waals surface area contributed by atoms with Gasteiger partial charge in [0, 0.05) is 0 Å². The van der Waals surface area contributed by atoms with E-state index in [0.29, 0.717) is 0 Å². The second-order valence-corrected chi connectivity index (χ2v) is 16.8. The maximum atomic E-state index is 8.56. The molecule has 0 aliphatic carbocycles. The standard InChI is InChI=1S/C42H39ClSi/c1-28-22-37(34-16-10-7-11-17-34)25-40(31(28)4)44(43,41-26-38(23-29(2)32(41)5)35-18-12-8-13-19-35)42-27-39(24-30(3)33(42)6)36-20-14-9-15-21-36/h7-27H,1-6H3. The van der Waals surface area contributed by atoms with Crippen molar-refractivity contribution in [3.8, 4) is 33.4 Å². The summed E-state index contributed by atoms with van der Waals surface area (Å²) in [6.45, 7) is 13.5. The van der Waals surface area contributed by atoms with Crippen LogP contribution in [0.4, 0.5) is 0 Å². The van der Waals surface area contributed by atoms with Gasteiger partial charge >= 0.3 is 0 Å². The Morgan fingerprint density at radius 2 is 0.591 bits per heavy atom.